The van der Waals surface area contributed by atoms with E-state index in [9.17, 15) is 4.79 Å². The van der Waals surface area contributed by atoms with Gasteiger partial charge in [-0.3, -0.25) is 4.79 Å². The SMILES string of the molecule is C[C@]12CCCC[C@@H]1[C@H]2C(=O)N/N=C\c1cn(Cc2ccccc2Cl)c2ccccc12. The Morgan fingerprint density at radius 2 is 2.03 bits per heavy atom. The van der Waals surface area contributed by atoms with Gasteiger partial charge >= 0.3 is 0 Å². The first kappa shape index (κ1) is 19.4. The summed E-state index contributed by atoms with van der Waals surface area (Å²) in [5, 5.41) is 6.18. The predicted molar refractivity (Wildman–Crippen MR) is 122 cm³/mol. The second kappa shape index (κ2) is 7.59. The maximum atomic E-state index is 12.7. The smallest absolute Gasteiger partial charge is 0.244 e. The third kappa shape index (κ3) is 3.33. The molecule has 2 fully saturated rings. The second-order valence-electron chi connectivity index (χ2n) is 8.89. The minimum Gasteiger partial charge on any atom is -0.342 e. The summed E-state index contributed by atoms with van der Waals surface area (Å²) < 4.78 is 2.18. The van der Waals surface area contributed by atoms with Crippen LogP contribution in [0, 0.1) is 17.3 Å². The molecule has 2 aliphatic rings. The summed E-state index contributed by atoms with van der Waals surface area (Å²) in [7, 11) is 0. The van der Waals surface area contributed by atoms with Gasteiger partial charge in [0.05, 0.1) is 6.21 Å². The molecule has 3 atom stereocenters. The zero-order valence-corrected chi connectivity index (χ0v) is 17.9. The topological polar surface area (TPSA) is 46.4 Å². The van der Waals surface area contributed by atoms with Crippen molar-refractivity contribution in [1.29, 1.82) is 0 Å². The molecule has 154 valence electrons. The molecular weight excluding hydrogens is 394 g/mol. The van der Waals surface area contributed by atoms with E-state index >= 15 is 0 Å². The number of halogens is 1. The van der Waals surface area contributed by atoms with Crippen LogP contribution in [0.25, 0.3) is 10.9 Å². The molecule has 3 aromatic rings. The van der Waals surface area contributed by atoms with E-state index < -0.39 is 0 Å². The molecule has 1 heterocycles. The van der Waals surface area contributed by atoms with Crippen LogP contribution in [-0.4, -0.2) is 16.7 Å². The molecule has 0 radical (unpaired) electrons. The minimum absolute atomic E-state index is 0.0699. The number of carbonyl (C=O) groups excluding carboxylic acids is 1. The molecule has 4 nitrogen and oxygen atoms in total. The van der Waals surface area contributed by atoms with E-state index in [4.69, 9.17) is 11.6 Å². The van der Waals surface area contributed by atoms with E-state index in [2.05, 4.69) is 40.3 Å². The van der Waals surface area contributed by atoms with Gasteiger partial charge in [0.15, 0.2) is 0 Å². The number of hydrazone groups is 1. The lowest BCUT2D eigenvalue weighted by atomic mass is 9.90. The number of benzene rings is 2. The zero-order chi connectivity index (χ0) is 20.7. The maximum Gasteiger partial charge on any atom is 0.244 e. The number of nitrogens with one attached hydrogen (secondary N) is 1. The third-order valence-electron chi connectivity index (χ3n) is 7.11. The largest absolute Gasteiger partial charge is 0.342 e. The molecule has 30 heavy (non-hydrogen) atoms. The first-order valence-electron chi connectivity index (χ1n) is 10.7. The molecular formula is C25H26ClN3O. The highest BCUT2D eigenvalue weighted by Gasteiger charge is 2.64. The van der Waals surface area contributed by atoms with Gasteiger partial charge < -0.3 is 4.57 Å². The fraction of sp³-hybridized carbons (Fsp3) is 0.360. The Hall–Kier alpha value is -2.59. The average Bonchev–Trinajstić information content (AvgIpc) is 3.25. The summed E-state index contributed by atoms with van der Waals surface area (Å²) in [5.41, 5.74) is 6.18. The van der Waals surface area contributed by atoms with Crippen molar-refractivity contribution in [1.82, 2.24) is 9.99 Å². The van der Waals surface area contributed by atoms with Crippen LogP contribution in [0.1, 0.15) is 43.7 Å². The van der Waals surface area contributed by atoms with Crippen molar-refractivity contribution in [2.75, 3.05) is 0 Å². The lowest BCUT2D eigenvalue weighted by molar-refractivity contribution is -0.123. The predicted octanol–water partition coefficient (Wildman–Crippen LogP) is 5.62. The average molecular weight is 420 g/mol. The standard InChI is InChI=1S/C25H26ClN3O/c1-25-13-7-6-10-20(25)23(25)24(30)28-27-14-18-16-29(22-12-5-3-9-19(18)22)15-17-8-2-4-11-21(17)26/h2-5,8-9,11-12,14,16,20,23H,6-7,10,13,15H2,1H3,(H,28,30)/b27-14-/t20-,23+,25+/m1/s1. The van der Waals surface area contributed by atoms with Crippen molar-refractivity contribution in [3.8, 4) is 0 Å². The van der Waals surface area contributed by atoms with Crippen molar-refractivity contribution < 1.29 is 4.79 Å². The van der Waals surface area contributed by atoms with E-state index in [1.54, 1.807) is 6.21 Å². The van der Waals surface area contributed by atoms with Crippen LogP contribution in [0.15, 0.2) is 59.8 Å². The lowest BCUT2D eigenvalue weighted by Crippen LogP contribution is -2.22. The number of rotatable bonds is 5. The van der Waals surface area contributed by atoms with E-state index in [1.165, 1.54) is 19.3 Å². The molecule has 1 N–H and O–H groups in total. The van der Waals surface area contributed by atoms with Crippen LogP contribution < -0.4 is 5.43 Å². The lowest BCUT2D eigenvalue weighted by Gasteiger charge is -2.15. The third-order valence-corrected chi connectivity index (χ3v) is 7.48. The molecule has 2 aliphatic carbocycles. The number of amides is 1. The number of hydrogen-bond acceptors (Lipinski definition) is 2. The van der Waals surface area contributed by atoms with Gasteiger partial charge in [-0.1, -0.05) is 67.8 Å². The summed E-state index contributed by atoms with van der Waals surface area (Å²) in [6.45, 7) is 2.94. The van der Waals surface area contributed by atoms with Gasteiger partial charge in [0, 0.05) is 40.1 Å². The van der Waals surface area contributed by atoms with Crippen molar-refractivity contribution in [3.63, 3.8) is 0 Å². The van der Waals surface area contributed by atoms with Gasteiger partial charge in [-0.25, -0.2) is 5.43 Å². The summed E-state index contributed by atoms with van der Waals surface area (Å²) in [5.74, 6) is 0.734. The highest BCUT2D eigenvalue weighted by Crippen LogP contribution is 2.66. The molecule has 0 bridgehead atoms. The molecule has 5 heteroatoms. The summed E-state index contributed by atoms with van der Waals surface area (Å²) in [6, 6.07) is 16.1. The quantitative estimate of drug-likeness (QED) is 0.423. The van der Waals surface area contributed by atoms with Gasteiger partial charge in [-0.2, -0.15) is 5.10 Å². The Morgan fingerprint density at radius 3 is 2.83 bits per heavy atom. The molecule has 5 rings (SSSR count). The minimum atomic E-state index is 0.0699. The molecule has 0 aliphatic heterocycles. The van der Waals surface area contributed by atoms with Crippen LogP contribution in [-0.2, 0) is 11.3 Å². The summed E-state index contributed by atoms with van der Waals surface area (Å²) >= 11 is 6.36. The normalized spacial score (nSPS) is 25.4. The van der Waals surface area contributed by atoms with Crippen molar-refractivity contribution in [2.45, 2.75) is 39.2 Å². The molecule has 0 spiro atoms. The molecule has 0 unspecified atom stereocenters. The molecule has 1 aromatic heterocycles. The highest BCUT2D eigenvalue weighted by molar-refractivity contribution is 6.31. The van der Waals surface area contributed by atoms with Gasteiger partial charge in [0.1, 0.15) is 0 Å². The van der Waals surface area contributed by atoms with Crippen LogP contribution in [0.2, 0.25) is 5.02 Å². The van der Waals surface area contributed by atoms with E-state index in [0.29, 0.717) is 12.5 Å². The Labute approximate surface area is 181 Å². The summed E-state index contributed by atoms with van der Waals surface area (Å²) in [6.07, 6.45) is 8.66. The Kier molecular flexibility index (Phi) is 4.90. The van der Waals surface area contributed by atoms with Gasteiger partial charge in [0.25, 0.3) is 0 Å². The van der Waals surface area contributed by atoms with Crippen LogP contribution in [0.4, 0.5) is 0 Å². The molecule has 2 saturated carbocycles. The monoisotopic (exact) mass is 419 g/mol. The van der Waals surface area contributed by atoms with Gasteiger partial charge in [-0.15, -0.1) is 0 Å². The van der Waals surface area contributed by atoms with Gasteiger partial charge in [-0.05, 0) is 41.9 Å². The van der Waals surface area contributed by atoms with Crippen molar-refractivity contribution in [2.24, 2.45) is 22.4 Å². The Morgan fingerprint density at radius 1 is 1.23 bits per heavy atom. The maximum absolute atomic E-state index is 12.7. The van der Waals surface area contributed by atoms with Crippen LogP contribution in [0.3, 0.4) is 0 Å². The number of aromatic nitrogens is 1. The zero-order valence-electron chi connectivity index (χ0n) is 17.1. The number of nitrogens with zero attached hydrogens (tertiary/aromatic N) is 2. The Balaban J connectivity index is 1.35. The Bertz CT molecular complexity index is 1130. The second-order valence-corrected chi connectivity index (χ2v) is 9.30. The molecule has 0 saturated heterocycles. The number of para-hydroxylation sites is 1. The number of carbonyl (C=O) groups is 1. The van der Waals surface area contributed by atoms with Crippen LogP contribution >= 0.6 is 11.6 Å². The number of hydrogen-bond donors (Lipinski definition) is 1. The van der Waals surface area contributed by atoms with Crippen LogP contribution in [0.5, 0.6) is 0 Å². The molecule has 1 amide bonds. The molecule has 2 aromatic carbocycles. The van der Waals surface area contributed by atoms with Crippen molar-refractivity contribution >= 4 is 34.6 Å². The van der Waals surface area contributed by atoms with E-state index in [0.717, 1.165) is 33.5 Å². The van der Waals surface area contributed by atoms with E-state index in [1.807, 2.05) is 36.4 Å². The fourth-order valence-electron chi connectivity index (χ4n) is 5.40. The van der Waals surface area contributed by atoms with Gasteiger partial charge in [0.2, 0.25) is 5.91 Å². The van der Waals surface area contributed by atoms with E-state index in [-0.39, 0.29) is 17.2 Å². The highest BCUT2D eigenvalue weighted by atomic mass is 35.5. The fourth-order valence-corrected chi connectivity index (χ4v) is 5.60. The van der Waals surface area contributed by atoms with Crippen molar-refractivity contribution in [3.05, 3.63) is 70.9 Å². The number of fused-ring (bicyclic) bond motifs is 2. The first-order valence-corrected chi connectivity index (χ1v) is 11.1. The summed E-state index contributed by atoms with van der Waals surface area (Å²) in [4.78, 5) is 12.7. The first-order chi connectivity index (χ1) is 14.6.